The number of nitrogens with one attached hydrogen (secondary N) is 1. The van der Waals surface area contributed by atoms with E-state index in [2.05, 4.69) is 17.1 Å². The summed E-state index contributed by atoms with van der Waals surface area (Å²) in [6, 6.07) is 5.25. The standard InChI is InChI=1S/C15H22N2O2/c1-11(4-7-14-3-2-8-19-14)16-12-9-15(18)17(10-12)13-5-6-13/h2-3,8,11-13,16H,4-7,9-10H2,1H3/t11-,12+/m0/s1. The van der Waals surface area contributed by atoms with Crippen LogP contribution in [0.4, 0.5) is 0 Å². The molecule has 2 heterocycles. The van der Waals surface area contributed by atoms with Crippen molar-refractivity contribution in [2.45, 2.75) is 57.2 Å². The summed E-state index contributed by atoms with van der Waals surface area (Å²) in [5.74, 6) is 1.37. The van der Waals surface area contributed by atoms with Gasteiger partial charge < -0.3 is 14.6 Å². The van der Waals surface area contributed by atoms with Crippen molar-refractivity contribution in [3.8, 4) is 0 Å². The van der Waals surface area contributed by atoms with E-state index in [-0.39, 0.29) is 0 Å². The second-order valence-corrected chi connectivity index (χ2v) is 5.86. The van der Waals surface area contributed by atoms with Crippen LogP contribution in [0.3, 0.4) is 0 Å². The molecule has 1 aliphatic carbocycles. The van der Waals surface area contributed by atoms with Gasteiger partial charge >= 0.3 is 0 Å². The minimum atomic E-state index is 0.332. The second-order valence-electron chi connectivity index (χ2n) is 5.86. The Morgan fingerprint density at radius 1 is 1.53 bits per heavy atom. The number of furan rings is 1. The van der Waals surface area contributed by atoms with Gasteiger partial charge in [0.1, 0.15) is 5.76 Å². The molecule has 1 saturated heterocycles. The third kappa shape index (κ3) is 3.18. The van der Waals surface area contributed by atoms with Gasteiger partial charge in [-0.1, -0.05) is 0 Å². The molecular weight excluding hydrogens is 240 g/mol. The fraction of sp³-hybridized carbons (Fsp3) is 0.667. The summed E-state index contributed by atoms with van der Waals surface area (Å²) in [5, 5.41) is 3.58. The lowest BCUT2D eigenvalue weighted by atomic mass is 10.1. The van der Waals surface area contributed by atoms with E-state index in [1.54, 1.807) is 6.26 Å². The van der Waals surface area contributed by atoms with Crippen molar-refractivity contribution < 1.29 is 9.21 Å². The zero-order valence-corrected chi connectivity index (χ0v) is 11.5. The SMILES string of the molecule is C[C@@H](CCc1ccco1)N[C@@H]1CC(=O)N(C2CC2)C1. The monoisotopic (exact) mass is 262 g/mol. The normalized spacial score (nSPS) is 25.0. The fourth-order valence-corrected chi connectivity index (χ4v) is 2.88. The highest BCUT2D eigenvalue weighted by molar-refractivity contribution is 5.80. The molecule has 19 heavy (non-hydrogen) atoms. The topological polar surface area (TPSA) is 45.5 Å². The molecule has 1 aliphatic heterocycles. The summed E-state index contributed by atoms with van der Waals surface area (Å²) in [6.45, 7) is 3.09. The number of carbonyl (C=O) groups is 1. The molecule has 0 spiro atoms. The maximum absolute atomic E-state index is 11.9. The van der Waals surface area contributed by atoms with E-state index < -0.39 is 0 Å². The average molecular weight is 262 g/mol. The van der Waals surface area contributed by atoms with Crippen molar-refractivity contribution in [1.29, 1.82) is 0 Å². The predicted molar refractivity (Wildman–Crippen MR) is 72.8 cm³/mol. The first-order valence-corrected chi connectivity index (χ1v) is 7.30. The Morgan fingerprint density at radius 3 is 3.05 bits per heavy atom. The largest absolute Gasteiger partial charge is 0.469 e. The van der Waals surface area contributed by atoms with Crippen LogP contribution in [0.5, 0.6) is 0 Å². The van der Waals surface area contributed by atoms with Gasteiger partial charge in [-0.05, 0) is 38.3 Å². The Kier molecular flexibility index (Phi) is 3.60. The van der Waals surface area contributed by atoms with Crippen LogP contribution in [0.2, 0.25) is 0 Å². The molecule has 104 valence electrons. The summed E-state index contributed by atoms with van der Waals surface area (Å²) in [5.41, 5.74) is 0. The van der Waals surface area contributed by atoms with Crippen molar-refractivity contribution in [1.82, 2.24) is 10.2 Å². The molecule has 2 fully saturated rings. The second kappa shape index (κ2) is 5.37. The average Bonchev–Trinajstić information content (AvgIpc) is 2.96. The van der Waals surface area contributed by atoms with Gasteiger partial charge in [-0.25, -0.2) is 0 Å². The molecule has 2 aliphatic rings. The van der Waals surface area contributed by atoms with E-state index >= 15 is 0 Å². The number of amides is 1. The van der Waals surface area contributed by atoms with Crippen LogP contribution in [0.15, 0.2) is 22.8 Å². The van der Waals surface area contributed by atoms with E-state index in [0.29, 0.717) is 30.5 Å². The van der Waals surface area contributed by atoms with Gasteiger partial charge in [-0.3, -0.25) is 4.79 Å². The fourth-order valence-electron chi connectivity index (χ4n) is 2.88. The maximum atomic E-state index is 11.9. The van der Waals surface area contributed by atoms with Crippen LogP contribution in [0, 0.1) is 0 Å². The molecule has 0 aromatic carbocycles. The first-order valence-electron chi connectivity index (χ1n) is 7.30. The summed E-state index contributed by atoms with van der Waals surface area (Å²) in [4.78, 5) is 13.9. The van der Waals surface area contributed by atoms with Crippen LogP contribution in [-0.2, 0) is 11.2 Å². The smallest absolute Gasteiger partial charge is 0.224 e. The zero-order chi connectivity index (χ0) is 13.2. The van der Waals surface area contributed by atoms with Crippen LogP contribution < -0.4 is 5.32 Å². The van der Waals surface area contributed by atoms with E-state index in [9.17, 15) is 4.79 Å². The minimum absolute atomic E-state index is 0.332. The first-order chi connectivity index (χ1) is 9.22. The number of hydrogen-bond donors (Lipinski definition) is 1. The summed E-state index contributed by atoms with van der Waals surface area (Å²) >= 11 is 0. The highest BCUT2D eigenvalue weighted by Gasteiger charge is 2.39. The van der Waals surface area contributed by atoms with Gasteiger partial charge in [0, 0.05) is 37.5 Å². The molecule has 4 nitrogen and oxygen atoms in total. The van der Waals surface area contributed by atoms with Gasteiger partial charge in [0.15, 0.2) is 0 Å². The highest BCUT2D eigenvalue weighted by Crippen LogP contribution is 2.30. The quantitative estimate of drug-likeness (QED) is 0.852. The number of nitrogens with zero attached hydrogens (tertiary/aromatic N) is 1. The molecule has 1 saturated carbocycles. The van der Waals surface area contributed by atoms with Crippen molar-refractivity contribution in [2.24, 2.45) is 0 Å². The number of hydrogen-bond acceptors (Lipinski definition) is 3. The molecule has 1 amide bonds. The van der Waals surface area contributed by atoms with Crippen LogP contribution in [0.25, 0.3) is 0 Å². The van der Waals surface area contributed by atoms with Gasteiger partial charge in [-0.15, -0.1) is 0 Å². The Labute approximate surface area is 114 Å². The van der Waals surface area contributed by atoms with E-state index in [0.717, 1.165) is 25.1 Å². The van der Waals surface area contributed by atoms with Crippen LogP contribution >= 0.6 is 0 Å². The Bertz CT molecular complexity index is 425. The van der Waals surface area contributed by atoms with Crippen LogP contribution in [0.1, 0.15) is 38.4 Å². The van der Waals surface area contributed by atoms with Gasteiger partial charge in [-0.2, -0.15) is 0 Å². The third-order valence-electron chi connectivity index (χ3n) is 4.07. The predicted octanol–water partition coefficient (Wildman–Crippen LogP) is 1.95. The number of carbonyl (C=O) groups excluding carboxylic acids is 1. The molecular formula is C15H22N2O2. The molecule has 1 N–H and O–H groups in total. The summed E-state index contributed by atoms with van der Waals surface area (Å²) in [7, 11) is 0. The van der Waals surface area contributed by atoms with Gasteiger partial charge in [0.25, 0.3) is 0 Å². The van der Waals surface area contributed by atoms with E-state index in [1.807, 2.05) is 12.1 Å². The van der Waals surface area contributed by atoms with E-state index in [1.165, 1.54) is 12.8 Å². The third-order valence-corrected chi connectivity index (χ3v) is 4.07. The van der Waals surface area contributed by atoms with Gasteiger partial charge in [0.2, 0.25) is 5.91 Å². The Hall–Kier alpha value is -1.29. The molecule has 3 rings (SSSR count). The van der Waals surface area contributed by atoms with Crippen molar-refractivity contribution >= 4 is 5.91 Å². The first kappa shape index (κ1) is 12.7. The van der Waals surface area contributed by atoms with E-state index in [4.69, 9.17) is 4.42 Å². The van der Waals surface area contributed by atoms with Crippen LogP contribution in [-0.4, -0.2) is 35.5 Å². The van der Waals surface area contributed by atoms with Crippen molar-refractivity contribution in [3.63, 3.8) is 0 Å². The maximum Gasteiger partial charge on any atom is 0.224 e. The Morgan fingerprint density at radius 2 is 2.37 bits per heavy atom. The summed E-state index contributed by atoms with van der Waals surface area (Å²) < 4.78 is 5.34. The number of aryl methyl sites for hydroxylation is 1. The number of likely N-dealkylation sites (tertiary alicyclic amines) is 1. The molecule has 1 aromatic heterocycles. The molecule has 0 unspecified atom stereocenters. The lowest BCUT2D eigenvalue weighted by molar-refractivity contribution is -0.128. The lowest BCUT2D eigenvalue weighted by Gasteiger charge is -2.20. The Balaban J connectivity index is 1.42. The van der Waals surface area contributed by atoms with Gasteiger partial charge in [0.05, 0.1) is 6.26 Å². The lowest BCUT2D eigenvalue weighted by Crippen LogP contribution is -2.39. The molecule has 4 heteroatoms. The molecule has 1 aromatic rings. The highest BCUT2D eigenvalue weighted by atomic mass is 16.3. The zero-order valence-electron chi connectivity index (χ0n) is 11.5. The number of rotatable bonds is 6. The minimum Gasteiger partial charge on any atom is -0.469 e. The van der Waals surface area contributed by atoms with Crippen molar-refractivity contribution in [2.75, 3.05) is 6.54 Å². The van der Waals surface area contributed by atoms with Crippen molar-refractivity contribution in [3.05, 3.63) is 24.2 Å². The molecule has 0 radical (unpaired) electrons. The molecule has 0 bridgehead atoms. The summed E-state index contributed by atoms with van der Waals surface area (Å²) in [6.07, 6.45) is 6.78. The molecule has 2 atom stereocenters.